The fourth-order valence-corrected chi connectivity index (χ4v) is 1.44. The Morgan fingerprint density at radius 3 is 1.53 bits per heavy atom. The standard InChI is InChI=1S/C11H18O6/c1-11(2,3)10-16-6(8(12)14-4)7(17-10)9(13)15-5/h6-7,10H,1-5H3/t6-,7-/m0/s1. The molecule has 0 aromatic rings. The number of hydrogen-bond acceptors (Lipinski definition) is 6. The predicted octanol–water partition coefficient (Wildman–Crippen LogP) is 0.489. The van der Waals surface area contributed by atoms with E-state index in [9.17, 15) is 9.59 Å². The zero-order valence-corrected chi connectivity index (χ0v) is 10.7. The van der Waals surface area contributed by atoms with Crippen molar-refractivity contribution >= 4 is 11.9 Å². The molecule has 6 heteroatoms. The van der Waals surface area contributed by atoms with Gasteiger partial charge in [0, 0.05) is 5.41 Å². The number of esters is 2. The Labute approximate surface area is 100 Å². The average molecular weight is 246 g/mol. The minimum Gasteiger partial charge on any atom is -0.467 e. The van der Waals surface area contributed by atoms with Crippen molar-refractivity contribution in [1.82, 2.24) is 0 Å². The molecular weight excluding hydrogens is 228 g/mol. The lowest BCUT2D eigenvalue weighted by molar-refractivity contribution is -0.162. The summed E-state index contributed by atoms with van der Waals surface area (Å²) in [6.07, 6.45) is -2.80. The SMILES string of the molecule is COC(=O)[C@H]1OC(C(C)(C)C)O[C@@H]1C(=O)OC. The zero-order valence-electron chi connectivity index (χ0n) is 10.7. The highest BCUT2D eigenvalue weighted by Gasteiger charge is 2.49. The first kappa shape index (κ1) is 13.9. The molecule has 6 nitrogen and oxygen atoms in total. The van der Waals surface area contributed by atoms with Crippen molar-refractivity contribution in [2.24, 2.45) is 5.41 Å². The number of methoxy groups -OCH3 is 2. The molecule has 0 unspecified atom stereocenters. The van der Waals surface area contributed by atoms with Gasteiger partial charge in [0.2, 0.25) is 0 Å². The summed E-state index contributed by atoms with van der Waals surface area (Å²) in [6.45, 7) is 5.64. The minimum absolute atomic E-state index is 0.352. The first-order valence-corrected chi connectivity index (χ1v) is 5.28. The van der Waals surface area contributed by atoms with E-state index in [4.69, 9.17) is 9.47 Å². The highest BCUT2D eigenvalue weighted by atomic mass is 16.8. The van der Waals surface area contributed by atoms with Crippen LogP contribution in [-0.2, 0) is 28.5 Å². The summed E-state index contributed by atoms with van der Waals surface area (Å²) in [7, 11) is 2.45. The Morgan fingerprint density at radius 1 is 0.941 bits per heavy atom. The number of hydrogen-bond donors (Lipinski definition) is 0. The lowest BCUT2D eigenvalue weighted by atomic mass is 9.96. The van der Waals surface area contributed by atoms with Gasteiger partial charge in [-0.3, -0.25) is 0 Å². The first-order valence-electron chi connectivity index (χ1n) is 5.28. The summed E-state index contributed by atoms with van der Waals surface area (Å²) in [5.74, 6) is -1.29. The Morgan fingerprint density at radius 2 is 1.29 bits per heavy atom. The number of ether oxygens (including phenoxy) is 4. The third kappa shape index (κ3) is 2.95. The molecule has 0 spiro atoms. The first-order chi connectivity index (χ1) is 7.81. The van der Waals surface area contributed by atoms with Gasteiger partial charge in [0.15, 0.2) is 18.5 Å². The van der Waals surface area contributed by atoms with Crippen molar-refractivity contribution in [3.8, 4) is 0 Å². The van der Waals surface area contributed by atoms with Gasteiger partial charge >= 0.3 is 11.9 Å². The second-order valence-corrected chi connectivity index (χ2v) is 4.86. The molecule has 0 aromatic heterocycles. The fourth-order valence-electron chi connectivity index (χ4n) is 1.44. The number of carbonyl (C=O) groups excluding carboxylic acids is 2. The van der Waals surface area contributed by atoms with Gasteiger partial charge in [0.05, 0.1) is 14.2 Å². The fraction of sp³-hybridized carbons (Fsp3) is 0.818. The lowest BCUT2D eigenvalue weighted by Gasteiger charge is -2.24. The molecule has 0 bridgehead atoms. The molecule has 2 atom stereocenters. The van der Waals surface area contributed by atoms with Crippen molar-refractivity contribution in [1.29, 1.82) is 0 Å². The van der Waals surface area contributed by atoms with Crippen molar-refractivity contribution < 1.29 is 28.5 Å². The smallest absolute Gasteiger partial charge is 0.338 e. The summed E-state index contributed by atoms with van der Waals surface area (Å²) in [6, 6.07) is 0. The van der Waals surface area contributed by atoms with Crippen LogP contribution < -0.4 is 0 Å². The summed E-state index contributed by atoms with van der Waals surface area (Å²) in [5, 5.41) is 0. The Bertz CT molecular complexity index is 282. The molecule has 1 aliphatic heterocycles. The predicted molar refractivity (Wildman–Crippen MR) is 57.0 cm³/mol. The number of rotatable bonds is 2. The largest absolute Gasteiger partial charge is 0.467 e. The van der Waals surface area contributed by atoms with Gasteiger partial charge in [-0.2, -0.15) is 0 Å². The molecule has 17 heavy (non-hydrogen) atoms. The van der Waals surface area contributed by atoms with E-state index in [1.54, 1.807) is 0 Å². The molecule has 0 aromatic carbocycles. The molecule has 0 N–H and O–H groups in total. The van der Waals surface area contributed by atoms with Crippen LogP contribution in [0.3, 0.4) is 0 Å². The van der Waals surface area contributed by atoms with Crippen LogP contribution in [0.2, 0.25) is 0 Å². The average Bonchev–Trinajstić information content (AvgIpc) is 2.71. The summed E-state index contributed by atoms with van der Waals surface area (Å²) in [4.78, 5) is 23.0. The topological polar surface area (TPSA) is 71.1 Å². The van der Waals surface area contributed by atoms with Crippen molar-refractivity contribution in [2.75, 3.05) is 14.2 Å². The van der Waals surface area contributed by atoms with Crippen LogP contribution >= 0.6 is 0 Å². The maximum absolute atomic E-state index is 11.5. The van der Waals surface area contributed by atoms with Crippen molar-refractivity contribution in [3.63, 3.8) is 0 Å². The van der Waals surface area contributed by atoms with Crippen LogP contribution in [0.1, 0.15) is 20.8 Å². The molecule has 1 saturated heterocycles. The minimum atomic E-state index is -1.07. The molecule has 1 fully saturated rings. The maximum atomic E-state index is 11.5. The third-order valence-electron chi connectivity index (χ3n) is 2.39. The molecule has 1 rings (SSSR count). The van der Waals surface area contributed by atoms with Gasteiger partial charge in [-0.1, -0.05) is 20.8 Å². The Balaban J connectivity index is 2.87. The van der Waals surface area contributed by atoms with E-state index in [0.717, 1.165) is 0 Å². The van der Waals surface area contributed by atoms with E-state index < -0.39 is 30.4 Å². The van der Waals surface area contributed by atoms with E-state index in [0.29, 0.717) is 0 Å². The van der Waals surface area contributed by atoms with E-state index >= 15 is 0 Å². The third-order valence-corrected chi connectivity index (χ3v) is 2.39. The van der Waals surface area contributed by atoms with Crippen LogP contribution in [0.5, 0.6) is 0 Å². The Kier molecular flexibility index (Phi) is 4.11. The van der Waals surface area contributed by atoms with Crippen LogP contribution in [0.15, 0.2) is 0 Å². The van der Waals surface area contributed by atoms with Gasteiger partial charge in [0.25, 0.3) is 0 Å². The molecular formula is C11H18O6. The highest BCUT2D eigenvalue weighted by Crippen LogP contribution is 2.32. The molecule has 1 heterocycles. The molecule has 98 valence electrons. The second-order valence-electron chi connectivity index (χ2n) is 4.86. The van der Waals surface area contributed by atoms with Crippen LogP contribution in [-0.4, -0.2) is 44.7 Å². The second kappa shape index (κ2) is 5.01. The molecule has 0 amide bonds. The molecule has 0 radical (unpaired) electrons. The van der Waals surface area contributed by atoms with E-state index in [1.165, 1.54) is 14.2 Å². The Hall–Kier alpha value is -1.14. The summed E-state index contributed by atoms with van der Waals surface area (Å²) in [5.41, 5.74) is -0.352. The van der Waals surface area contributed by atoms with Gasteiger partial charge in [-0.05, 0) is 0 Å². The van der Waals surface area contributed by atoms with Gasteiger partial charge in [0.1, 0.15) is 0 Å². The quantitative estimate of drug-likeness (QED) is 0.660. The van der Waals surface area contributed by atoms with E-state index in [1.807, 2.05) is 20.8 Å². The lowest BCUT2D eigenvalue weighted by Crippen LogP contribution is -2.38. The highest BCUT2D eigenvalue weighted by molar-refractivity contribution is 5.86. The van der Waals surface area contributed by atoms with E-state index in [-0.39, 0.29) is 5.41 Å². The summed E-state index contributed by atoms with van der Waals surface area (Å²) < 4.78 is 20.0. The van der Waals surface area contributed by atoms with E-state index in [2.05, 4.69) is 9.47 Å². The van der Waals surface area contributed by atoms with Gasteiger partial charge < -0.3 is 18.9 Å². The zero-order chi connectivity index (χ0) is 13.2. The maximum Gasteiger partial charge on any atom is 0.338 e. The monoisotopic (exact) mass is 246 g/mol. The molecule has 1 aliphatic rings. The summed E-state index contributed by atoms with van der Waals surface area (Å²) >= 11 is 0. The van der Waals surface area contributed by atoms with Crippen LogP contribution in [0, 0.1) is 5.41 Å². The van der Waals surface area contributed by atoms with Crippen LogP contribution in [0.25, 0.3) is 0 Å². The normalized spacial score (nSPS) is 25.7. The van der Waals surface area contributed by atoms with Gasteiger partial charge in [-0.25, -0.2) is 9.59 Å². The molecule has 0 aliphatic carbocycles. The van der Waals surface area contributed by atoms with Crippen LogP contribution in [0.4, 0.5) is 0 Å². The number of carbonyl (C=O) groups is 2. The van der Waals surface area contributed by atoms with Gasteiger partial charge in [-0.15, -0.1) is 0 Å². The molecule has 0 saturated carbocycles. The van der Waals surface area contributed by atoms with Crippen molar-refractivity contribution in [2.45, 2.75) is 39.3 Å². The van der Waals surface area contributed by atoms with Crippen molar-refractivity contribution in [3.05, 3.63) is 0 Å².